The van der Waals surface area contributed by atoms with Gasteiger partial charge in [0.15, 0.2) is 0 Å². The van der Waals surface area contributed by atoms with E-state index in [4.69, 9.17) is 10.5 Å². The number of hydrogen-bond acceptors (Lipinski definition) is 3. The van der Waals surface area contributed by atoms with Crippen molar-refractivity contribution in [3.63, 3.8) is 0 Å². The standard InChI is InChI=1S/C12H18N2O2/c1-14(2)10-5-3-6-11(9-10)16-8-4-7-12(13)15/h3,5-6,9H,4,7-8H2,1-2H3,(H2,13,15). The van der Waals surface area contributed by atoms with Crippen molar-refractivity contribution >= 4 is 11.6 Å². The van der Waals surface area contributed by atoms with Gasteiger partial charge >= 0.3 is 0 Å². The van der Waals surface area contributed by atoms with Gasteiger partial charge in [0, 0.05) is 32.3 Å². The first-order chi connectivity index (χ1) is 7.59. The number of rotatable bonds is 6. The van der Waals surface area contributed by atoms with E-state index in [1.54, 1.807) is 0 Å². The molecule has 0 fully saturated rings. The third-order valence-electron chi connectivity index (χ3n) is 2.17. The Kier molecular flexibility index (Phi) is 4.64. The second kappa shape index (κ2) is 6.00. The first-order valence-electron chi connectivity index (χ1n) is 5.28. The zero-order chi connectivity index (χ0) is 12.0. The number of anilines is 1. The van der Waals surface area contributed by atoms with Crippen molar-refractivity contribution in [2.45, 2.75) is 12.8 Å². The average molecular weight is 222 g/mol. The predicted octanol–water partition coefficient (Wildman–Crippen LogP) is 1.40. The summed E-state index contributed by atoms with van der Waals surface area (Å²) in [5.41, 5.74) is 6.12. The summed E-state index contributed by atoms with van der Waals surface area (Å²) >= 11 is 0. The number of nitrogens with two attached hydrogens (primary N) is 1. The molecule has 1 rings (SSSR count). The van der Waals surface area contributed by atoms with Gasteiger partial charge in [0.05, 0.1) is 6.61 Å². The normalized spacial score (nSPS) is 9.88. The number of hydrogen-bond donors (Lipinski definition) is 1. The maximum absolute atomic E-state index is 10.5. The van der Waals surface area contributed by atoms with Crippen molar-refractivity contribution in [2.24, 2.45) is 5.73 Å². The number of ether oxygens (including phenoxy) is 1. The van der Waals surface area contributed by atoms with Crippen molar-refractivity contribution < 1.29 is 9.53 Å². The van der Waals surface area contributed by atoms with Crippen molar-refractivity contribution in [2.75, 3.05) is 25.6 Å². The second-order valence-electron chi connectivity index (χ2n) is 3.81. The molecule has 4 nitrogen and oxygen atoms in total. The lowest BCUT2D eigenvalue weighted by molar-refractivity contribution is -0.118. The van der Waals surface area contributed by atoms with Gasteiger partial charge in [0.1, 0.15) is 5.75 Å². The summed E-state index contributed by atoms with van der Waals surface area (Å²) in [5.74, 6) is 0.529. The number of nitrogens with zero attached hydrogens (tertiary/aromatic N) is 1. The Bertz CT molecular complexity index is 351. The lowest BCUT2D eigenvalue weighted by Gasteiger charge is -2.13. The minimum atomic E-state index is -0.286. The summed E-state index contributed by atoms with van der Waals surface area (Å²) in [7, 11) is 3.96. The molecule has 1 amide bonds. The van der Waals surface area contributed by atoms with E-state index in [1.165, 1.54) is 0 Å². The Hall–Kier alpha value is -1.71. The molecule has 0 bridgehead atoms. The molecule has 0 atom stereocenters. The van der Waals surface area contributed by atoms with Crippen LogP contribution < -0.4 is 15.4 Å². The number of carbonyl (C=O) groups is 1. The first-order valence-corrected chi connectivity index (χ1v) is 5.28. The summed E-state index contributed by atoms with van der Waals surface area (Å²) in [4.78, 5) is 12.5. The molecule has 1 aromatic carbocycles. The molecule has 0 saturated heterocycles. The molecule has 0 unspecified atom stereocenters. The van der Waals surface area contributed by atoms with Crippen LogP contribution >= 0.6 is 0 Å². The smallest absolute Gasteiger partial charge is 0.217 e. The first kappa shape index (κ1) is 12.4. The van der Waals surface area contributed by atoms with Gasteiger partial charge in [0.2, 0.25) is 5.91 Å². The summed E-state index contributed by atoms with van der Waals surface area (Å²) in [6.45, 7) is 0.514. The third-order valence-corrected chi connectivity index (χ3v) is 2.17. The largest absolute Gasteiger partial charge is 0.494 e. The van der Waals surface area contributed by atoms with E-state index in [9.17, 15) is 4.79 Å². The second-order valence-corrected chi connectivity index (χ2v) is 3.81. The molecule has 4 heteroatoms. The fourth-order valence-corrected chi connectivity index (χ4v) is 1.29. The fourth-order valence-electron chi connectivity index (χ4n) is 1.29. The van der Waals surface area contributed by atoms with Crippen LogP contribution in [-0.2, 0) is 4.79 Å². The van der Waals surface area contributed by atoms with Gasteiger partial charge in [-0.1, -0.05) is 6.07 Å². The van der Waals surface area contributed by atoms with Crippen molar-refractivity contribution in [3.8, 4) is 5.75 Å². The number of primary amides is 1. The van der Waals surface area contributed by atoms with Gasteiger partial charge in [-0.25, -0.2) is 0 Å². The molecule has 1 aromatic rings. The van der Waals surface area contributed by atoms with Crippen LogP contribution in [0.2, 0.25) is 0 Å². The van der Waals surface area contributed by atoms with Crippen LogP contribution in [-0.4, -0.2) is 26.6 Å². The van der Waals surface area contributed by atoms with Crippen LogP contribution in [0.3, 0.4) is 0 Å². The zero-order valence-corrected chi connectivity index (χ0v) is 9.77. The lowest BCUT2D eigenvalue weighted by atomic mass is 10.3. The minimum absolute atomic E-state index is 0.286. The predicted molar refractivity (Wildman–Crippen MR) is 64.7 cm³/mol. The highest BCUT2D eigenvalue weighted by atomic mass is 16.5. The van der Waals surface area contributed by atoms with Gasteiger partial charge in [-0.05, 0) is 18.6 Å². The highest BCUT2D eigenvalue weighted by molar-refractivity contribution is 5.73. The maximum Gasteiger partial charge on any atom is 0.217 e. The number of benzene rings is 1. The van der Waals surface area contributed by atoms with E-state index < -0.39 is 0 Å². The van der Waals surface area contributed by atoms with Crippen LogP contribution in [0.25, 0.3) is 0 Å². The molecular formula is C12H18N2O2. The Balaban J connectivity index is 2.42. The minimum Gasteiger partial charge on any atom is -0.494 e. The van der Waals surface area contributed by atoms with Crippen LogP contribution in [0.4, 0.5) is 5.69 Å². The number of amides is 1. The topological polar surface area (TPSA) is 55.6 Å². The lowest BCUT2D eigenvalue weighted by Crippen LogP contribution is -2.12. The van der Waals surface area contributed by atoms with E-state index >= 15 is 0 Å². The van der Waals surface area contributed by atoms with Crippen LogP contribution in [0, 0.1) is 0 Å². The highest BCUT2D eigenvalue weighted by Crippen LogP contribution is 2.19. The molecule has 0 aliphatic heterocycles. The van der Waals surface area contributed by atoms with E-state index in [0.29, 0.717) is 19.4 Å². The Morgan fingerprint density at radius 1 is 1.44 bits per heavy atom. The fraction of sp³-hybridized carbons (Fsp3) is 0.417. The Morgan fingerprint density at radius 2 is 2.19 bits per heavy atom. The number of carbonyl (C=O) groups excluding carboxylic acids is 1. The van der Waals surface area contributed by atoms with Gasteiger partial charge in [-0.3, -0.25) is 4.79 Å². The monoisotopic (exact) mass is 222 g/mol. The summed E-state index contributed by atoms with van der Waals surface area (Å²) in [5, 5.41) is 0. The summed E-state index contributed by atoms with van der Waals surface area (Å²) < 4.78 is 5.51. The zero-order valence-electron chi connectivity index (χ0n) is 9.77. The van der Waals surface area contributed by atoms with E-state index in [1.807, 2.05) is 43.3 Å². The summed E-state index contributed by atoms with van der Waals surface area (Å²) in [6, 6.07) is 7.82. The molecular weight excluding hydrogens is 204 g/mol. The highest BCUT2D eigenvalue weighted by Gasteiger charge is 1.99. The molecule has 0 saturated carbocycles. The molecule has 0 heterocycles. The van der Waals surface area contributed by atoms with E-state index in [-0.39, 0.29) is 5.91 Å². The SMILES string of the molecule is CN(C)c1cccc(OCCCC(N)=O)c1. The Morgan fingerprint density at radius 3 is 2.81 bits per heavy atom. The van der Waals surface area contributed by atoms with Gasteiger partial charge in [-0.15, -0.1) is 0 Å². The quantitative estimate of drug-likeness (QED) is 0.740. The molecule has 16 heavy (non-hydrogen) atoms. The van der Waals surface area contributed by atoms with Gasteiger partial charge in [-0.2, -0.15) is 0 Å². The van der Waals surface area contributed by atoms with Crippen molar-refractivity contribution in [1.29, 1.82) is 0 Å². The molecule has 2 N–H and O–H groups in total. The molecule has 0 aliphatic carbocycles. The molecule has 0 aliphatic rings. The van der Waals surface area contributed by atoms with Gasteiger partial charge in [0.25, 0.3) is 0 Å². The maximum atomic E-state index is 10.5. The molecule has 0 spiro atoms. The average Bonchev–Trinajstić information content (AvgIpc) is 2.24. The van der Waals surface area contributed by atoms with Gasteiger partial charge < -0.3 is 15.4 Å². The molecule has 0 radical (unpaired) electrons. The van der Waals surface area contributed by atoms with E-state index in [2.05, 4.69) is 0 Å². The van der Waals surface area contributed by atoms with Crippen molar-refractivity contribution in [3.05, 3.63) is 24.3 Å². The summed E-state index contributed by atoms with van der Waals surface area (Å²) in [6.07, 6.45) is 1.02. The van der Waals surface area contributed by atoms with Crippen LogP contribution in [0.15, 0.2) is 24.3 Å². The third kappa shape index (κ3) is 4.21. The van der Waals surface area contributed by atoms with Crippen LogP contribution in [0.5, 0.6) is 5.75 Å². The van der Waals surface area contributed by atoms with E-state index in [0.717, 1.165) is 11.4 Å². The van der Waals surface area contributed by atoms with Crippen molar-refractivity contribution in [1.82, 2.24) is 0 Å². The molecule has 0 aromatic heterocycles. The Labute approximate surface area is 96.0 Å². The molecule has 88 valence electrons. The van der Waals surface area contributed by atoms with Crippen LogP contribution in [0.1, 0.15) is 12.8 Å².